The number of hydrogen-bond donors (Lipinski definition) is 1. The third-order valence-corrected chi connectivity index (χ3v) is 6.01. The van der Waals surface area contributed by atoms with E-state index in [0.717, 1.165) is 11.3 Å². The van der Waals surface area contributed by atoms with Crippen LogP contribution in [0, 0.1) is 0 Å². The van der Waals surface area contributed by atoms with Gasteiger partial charge < -0.3 is 14.4 Å². The van der Waals surface area contributed by atoms with E-state index in [0.29, 0.717) is 22.1 Å². The molecule has 0 fully saturated rings. The monoisotopic (exact) mass is 370 g/mol. The van der Waals surface area contributed by atoms with Crippen LogP contribution < -0.4 is 14.2 Å². The normalized spacial score (nSPS) is 11.0. The van der Waals surface area contributed by atoms with E-state index >= 15 is 0 Å². The van der Waals surface area contributed by atoms with Gasteiger partial charge >= 0.3 is 0 Å². The molecule has 0 aliphatic rings. The minimum Gasteiger partial charge on any atom is -0.497 e. The van der Waals surface area contributed by atoms with Crippen LogP contribution in [0.1, 0.15) is 9.67 Å². The van der Waals surface area contributed by atoms with Crippen molar-refractivity contribution in [3.8, 4) is 11.5 Å². The second-order valence-electron chi connectivity index (χ2n) is 5.03. The van der Waals surface area contributed by atoms with Gasteiger partial charge in [-0.2, -0.15) is 0 Å². The van der Waals surface area contributed by atoms with Gasteiger partial charge in [-0.15, -0.1) is 11.3 Å². The molecule has 1 heterocycles. The molecule has 0 radical (unpaired) electrons. The summed E-state index contributed by atoms with van der Waals surface area (Å²) in [7, 11) is 2.36. The summed E-state index contributed by atoms with van der Waals surface area (Å²) < 4.78 is 37.7. The summed E-state index contributed by atoms with van der Waals surface area (Å²) >= 11 is 0.911. The predicted octanol–water partition coefficient (Wildman–Crippen LogP) is 2.27. The fourth-order valence-electron chi connectivity index (χ4n) is 1.87. The Labute approximate surface area is 144 Å². The molecule has 0 spiro atoms. The molecule has 7 nitrogen and oxygen atoms in total. The molecular formula is C15H18N2O5S2. The Morgan fingerprint density at radius 3 is 2.17 bits per heavy atom. The molecule has 0 aliphatic heterocycles. The maximum atomic E-state index is 12.5. The average molecular weight is 370 g/mol. The highest BCUT2D eigenvalue weighted by Gasteiger charge is 2.20. The molecule has 1 N–H and O–H groups in total. The molecule has 130 valence electrons. The number of anilines is 1. The molecule has 9 heteroatoms. The van der Waals surface area contributed by atoms with Crippen molar-refractivity contribution >= 4 is 33.0 Å². The highest BCUT2D eigenvalue weighted by atomic mass is 32.2. The van der Waals surface area contributed by atoms with Crippen LogP contribution in [0.25, 0.3) is 0 Å². The number of nitrogens with one attached hydrogen (secondary N) is 1. The van der Waals surface area contributed by atoms with Crippen LogP contribution in [0.3, 0.4) is 0 Å². The number of amides is 1. The van der Waals surface area contributed by atoms with Crippen molar-refractivity contribution in [3.63, 3.8) is 0 Å². The van der Waals surface area contributed by atoms with Gasteiger partial charge in [-0.05, 0) is 12.1 Å². The van der Waals surface area contributed by atoms with Crippen LogP contribution >= 0.6 is 11.3 Å². The van der Waals surface area contributed by atoms with Gasteiger partial charge in [0, 0.05) is 32.3 Å². The molecule has 0 atom stereocenters. The Kier molecular flexibility index (Phi) is 5.35. The number of rotatable bonds is 6. The van der Waals surface area contributed by atoms with Gasteiger partial charge in [0.15, 0.2) is 0 Å². The molecule has 1 aromatic heterocycles. The summed E-state index contributed by atoms with van der Waals surface area (Å²) in [6.45, 7) is 0. The first-order chi connectivity index (χ1) is 11.3. The first-order valence-corrected chi connectivity index (χ1v) is 9.14. The van der Waals surface area contributed by atoms with Crippen molar-refractivity contribution in [1.29, 1.82) is 0 Å². The van der Waals surface area contributed by atoms with Gasteiger partial charge in [-0.1, -0.05) is 0 Å². The van der Waals surface area contributed by atoms with E-state index in [4.69, 9.17) is 9.47 Å². The molecule has 1 aromatic carbocycles. The van der Waals surface area contributed by atoms with E-state index in [-0.39, 0.29) is 10.1 Å². The Morgan fingerprint density at radius 2 is 1.67 bits per heavy atom. The Balaban J connectivity index is 2.30. The fraction of sp³-hybridized carbons (Fsp3) is 0.267. The molecule has 0 bridgehead atoms. The van der Waals surface area contributed by atoms with Gasteiger partial charge in [-0.3, -0.25) is 9.52 Å². The topological polar surface area (TPSA) is 84.9 Å². The van der Waals surface area contributed by atoms with Crippen molar-refractivity contribution in [2.24, 2.45) is 0 Å². The Morgan fingerprint density at radius 1 is 1.08 bits per heavy atom. The average Bonchev–Trinajstić information content (AvgIpc) is 3.03. The zero-order valence-electron chi connectivity index (χ0n) is 13.7. The summed E-state index contributed by atoms with van der Waals surface area (Å²) in [5.74, 6) is 0.674. The van der Waals surface area contributed by atoms with E-state index in [2.05, 4.69) is 4.72 Å². The lowest BCUT2D eigenvalue weighted by Crippen LogP contribution is -2.20. The van der Waals surface area contributed by atoms with Crippen molar-refractivity contribution in [3.05, 3.63) is 35.2 Å². The summed E-state index contributed by atoms with van der Waals surface area (Å²) in [5, 5.41) is 0. The minimum absolute atomic E-state index is 0.0505. The highest BCUT2D eigenvalue weighted by Crippen LogP contribution is 2.29. The van der Waals surface area contributed by atoms with Crippen molar-refractivity contribution in [2.75, 3.05) is 33.0 Å². The predicted molar refractivity (Wildman–Crippen MR) is 92.7 cm³/mol. The van der Waals surface area contributed by atoms with Gasteiger partial charge in [0.1, 0.15) is 15.7 Å². The van der Waals surface area contributed by atoms with Crippen LogP contribution in [0.15, 0.2) is 34.5 Å². The van der Waals surface area contributed by atoms with Crippen LogP contribution in [0.5, 0.6) is 11.5 Å². The minimum atomic E-state index is -3.82. The maximum Gasteiger partial charge on any atom is 0.271 e. The standard InChI is InChI=1S/C15H18N2O5S2/c1-17(2)15(18)13-5-6-14(23-13)24(19,20)16-10-7-11(21-3)9-12(8-10)22-4/h5-9,16H,1-4H3. The third-order valence-electron chi connectivity index (χ3n) is 3.07. The van der Waals surface area contributed by atoms with E-state index < -0.39 is 10.0 Å². The number of ether oxygens (including phenoxy) is 2. The van der Waals surface area contributed by atoms with Gasteiger partial charge in [0.05, 0.1) is 24.8 Å². The van der Waals surface area contributed by atoms with Crippen LogP contribution in [0.4, 0.5) is 5.69 Å². The van der Waals surface area contributed by atoms with Crippen molar-refractivity contribution in [2.45, 2.75) is 4.21 Å². The second kappa shape index (κ2) is 7.10. The Bertz CT molecular complexity index is 821. The molecule has 2 aromatic rings. The molecule has 0 aliphatic carbocycles. The molecule has 1 amide bonds. The third kappa shape index (κ3) is 3.98. The number of benzene rings is 1. The number of thiophene rings is 1. The number of carbonyl (C=O) groups excluding carboxylic acids is 1. The SMILES string of the molecule is COc1cc(NS(=O)(=O)c2ccc(C(=O)N(C)C)s2)cc(OC)c1. The summed E-state index contributed by atoms with van der Waals surface area (Å²) in [4.78, 5) is 13.6. The molecule has 0 saturated heterocycles. The number of methoxy groups -OCH3 is 2. The Hall–Kier alpha value is -2.26. The first-order valence-electron chi connectivity index (χ1n) is 6.84. The second-order valence-corrected chi connectivity index (χ2v) is 8.02. The fourth-order valence-corrected chi connectivity index (χ4v) is 4.24. The summed E-state index contributed by atoms with van der Waals surface area (Å²) in [6.07, 6.45) is 0. The molecular weight excluding hydrogens is 352 g/mol. The highest BCUT2D eigenvalue weighted by molar-refractivity contribution is 7.94. The molecule has 2 rings (SSSR count). The van der Waals surface area contributed by atoms with Gasteiger partial charge in [0.25, 0.3) is 15.9 Å². The number of sulfonamides is 1. The quantitative estimate of drug-likeness (QED) is 0.843. The lowest BCUT2D eigenvalue weighted by molar-refractivity contribution is 0.0832. The van der Waals surface area contributed by atoms with E-state index in [1.165, 1.54) is 31.3 Å². The number of carbonyl (C=O) groups is 1. The first kappa shape index (κ1) is 18.1. The molecule has 24 heavy (non-hydrogen) atoms. The lowest BCUT2D eigenvalue weighted by Gasteiger charge is -2.10. The lowest BCUT2D eigenvalue weighted by atomic mass is 10.3. The van der Waals surface area contributed by atoms with Gasteiger partial charge in [0.2, 0.25) is 0 Å². The number of nitrogens with zero attached hydrogens (tertiary/aromatic N) is 1. The maximum absolute atomic E-state index is 12.5. The van der Waals surface area contributed by atoms with Crippen LogP contribution in [-0.4, -0.2) is 47.5 Å². The van der Waals surface area contributed by atoms with E-state index in [9.17, 15) is 13.2 Å². The molecule has 0 saturated carbocycles. The van der Waals surface area contributed by atoms with Crippen LogP contribution in [-0.2, 0) is 10.0 Å². The van der Waals surface area contributed by atoms with Crippen molar-refractivity contribution in [1.82, 2.24) is 4.90 Å². The van der Waals surface area contributed by atoms with E-state index in [1.807, 2.05) is 0 Å². The smallest absolute Gasteiger partial charge is 0.271 e. The zero-order chi connectivity index (χ0) is 17.9. The largest absolute Gasteiger partial charge is 0.497 e. The van der Waals surface area contributed by atoms with Gasteiger partial charge in [-0.25, -0.2) is 8.42 Å². The molecule has 0 unspecified atom stereocenters. The summed E-state index contributed by atoms with van der Waals surface area (Å²) in [5.41, 5.74) is 0.306. The summed E-state index contributed by atoms with van der Waals surface area (Å²) in [6, 6.07) is 7.62. The van der Waals surface area contributed by atoms with E-state index in [1.54, 1.807) is 32.3 Å². The zero-order valence-corrected chi connectivity index (χ0v) is 15.3. The van der Waals surface area contributed by atoms with Crippen molar-refractivity contribution < 1.29 is 22.7 Å². The van der Waals surface area contributed by atoms with Crippen LogP contribution in [0.2, 0.25) is 0 Å². The number of hydrogen-bond acceptors (Lipinski definition) is 6.